The van der Waals surface area contributed by atoms with Crippen LogP contribution in [0.2, 0.25) is 0 Å². The fraction of sp³-hybridized carbons (Fsp3) is 0.0465. The summed E-state index contributed by atoms with van der Waals surface area (Å²) >= 11 is 0. The van der Waals surface area contributed by atoms with Crippen molar-refractivity contribution in [2.45, 2.75) is 6.92 Å². The van der Waals surface area contributed by atoms with E-state index in [0.29, 0.717) is 0 Å². The number of nitrogens with zero attached hydrogens (tertiary/aromatic N) is 3. The molecule has 2 aromatic heterocycles. The molecular formula is C43H31BN3+. The van der Waals surface area contributed by atoms with Gasteiger partial charge in [0.15, 0.2) is 6.20 Å². The van der Waals surface area contributed by atoms with Crippen LogP contribution >= 0.6 is 0 Å². The number of rotatable bonds is 3. The van der Waals surface area contributed by atoms with Gasteiger partial charge in [-0.3, -0.25) is 0 Å². The third-order valence-electron chi connectivity index (χ3n) is 10.4. The van der Waals surface area contributed by atoms with Crippen molar-refractivity contribution in [1.82, 2.24) is 4.57 Å². The highest BCUT2D eigenvalue weighted by molar-refractivity contribution is 7.00. The molecule has 47 heavy (non-hydrogen) atoms. The normalized spacial score (nSPS) is 12.8. The van der Waals surface area contributed by atoms with Crippen molar-refractivity contribution in [2.24, 2.45) is 7.05 Å². The molecule has 0 bridgehead atoms. The van der Waals surface area contributed by atoms with Gasteiger partial charge in [0.05, 0.1) is 5.52 Å². The van der Waals surface area contributed by atoms with Gasteiger partial charge in [-0.25, -0.2) is 4.57 Å². The molecule has 0 saturated carbocycles. The number of hydrogen-bond donors (Lipinski definition) is 0. The van der Waals surface area contributed by atoms with E-state index in [-0.39, 0.29) is 6.71 Å². The van der Waals surface area contributed by atoms with Gasteiger partial charge < -0.3 is 9.47 Å². The molecule has 0 spiro atoms. The van der Waals surface area contributed by atoms with Gasteiger partial charge in [0.2, 0.25) is 5.69 Å². The van der Waals surface area contributed by atoms with Gasteiger partial charge in [-0.2, -0.15) is 0 Å². The zero-order chi connectivity index (χ0) is 31.2. The van der Waals surface area contributed by atoms with E-state index in [1.54, 1.807) is 0 Å². The second kappa shape index (κ2) is 9.82. The average molecular weight is 601 g/mol. The zero-order valence-electron chi connectivity index (χ0n) is 26.4. The van der Waals surface area contributed by atoms with E-state index in [1.165, 1.54) is 88.9 Å². The molecular weight excluding hydrogens is 569 g/mol. The van der Waals surface area contributed by atoms with Crippen molar-refractivity contribution in [3.63, 3.8) is 0 Å². The fourth-order valence-corrected chi connectivity index (χ4v) is 8.26. The molecule has 2 aliphatic rings. The third-order valence-corrected chi connectivity index (χ3v) is 10.4. The first kappa shape index (κ1) is 26.4. The number of aryl methyl sites for hydroxylation is 2. The molecule has 0 radical (unpaired) electrons. The van der Waals surface area contributed by atoms with Crippen molar-refractivity contribution in [2.75, 3.05) is 4.90 Å². The minimum atomic E-state index is 0.127. The monoisotopic (exact) mass is 600 g/mol. The molecule has 10 rings (SSSR count). The van der Waals surface area contributed by atoms with Crippen LogP contribution < -0.4 is 25.9 Å². The van der Waals surface area contributed by atoms with Crippen molar-refractivity contribution < 1.29 is 4.57 Å². The number of anilines is 3. The lowest BCUT2D eigenvalue weighted by Crippen LogP contribution is -2.60. The molecule has 0 unspecified atom stereocenters. The fourth-order valence-electron chi connectivity index (χ4n) is 8.26. The summed E-state index contributed by atoms with van der Waals surface area (Å²) in [5.41, 5.74) is 17.7. The summed E-state index contributed by atoms with van der Waals surface area (Å²) in [5, 5.41) is 2.61. The van der Waals surface area contributed by atoms with E-state index in [9.17, 15) is 0 Å². The van der Waals surface area contributed by atoms with Gasteiger partial charge >= 0.3 is 0 Å². The molecule has 4 heteroatoms. The number of aromatic nitrogens is 2. The maximum atomic E-state index is 2.54. The van der Waals surface area contributed by atoms with Crippen LogP contribution in [0.25, 0.3) is 49.9 Å². The number of para-hydroxylation sites is 4. The summed E-state index contributed by atoms with van der Waals surface area (Å²) in [6, 6.07) is 53.8. The zero-order valence-corrected chi connectivity index (χ0v) is 26.4. The van der Waals surface area contributed by atoms with Crippen molar-refractivity contribution in [1.29, 1.82) is 0 Å². The van der Waals surface area contributed by atoms with Gasteiger partial charge in [-0.1, -0.05) is 91.0 Å². The van der Waals surface area contributed by atoms with Crippen LogP contribution in [0, 0.1) is 6.92 Å². The smallest absolute Gasteiger partial charge is 0.252 e. The van der Waals surface area contributed by atoms with E-state index < -0.39 is 0 Å². The predicted octanol–water partition coefficient (Wildman–Crippen LogP) is 7.86. The SMILES string of the molecule is Cc1ccccc1-c1cc(-c2cc3c4c(c2)-n2c5ccccc5c5cccc(c52)B4c2ccccc2N3c2ccccc2)cc[n+]1C. The van der Waals surface area contributed by atoms with Crippen molar-refractivity contribution in [3.8, 4) is 28.1 Å². The van der Waals surface area contributed by atoms with E-state index >= 15 is 0 Å². The highest BCUT2D eigenvalue weighted by Crippen LogP contribution is 2.43. The van der Waals surface area contributed by atoms with Crippen LogP contribution in [0.15, 0.2) is 152 Å². The largest absolute Gasteiger partial charge is 0.311 e. The van der Waals surface area contributed by atoms with Crippen LogP contribution in [0.1, 0.15) is 5.56 Å². The second-order valence-electron chi connectivity index (χ2n) is 12.9. The maximum absolute atomic E-state index is 2.54. The van der Waals surface area contributed by atoms with Crippen LogP contribution in [0.5, 0.6) is 0 Å². The molecule has 3 nitrogen and oxygen atoms in total. The van der Waals surface area contributed by atoms with Gasteiger partial charge in [-0.15, -0.1) is 0 Å². The summed E-state index contributed by atoms with van der Waals surface area (Å²) in [6.45, 7) is 2.32. The Morgan fingerprint density at radius 2 is 1.30 bits per heavy atom. The van der Waals surface area contributed by atoms with E-state index in [0.717, 1.165) is 0 Å². The lowest BCUT2D eigenvalue weighted by Gasteiger charge is -2.40. The number of fused-ring (bicyclic) bond motifs is 7. The van der Waals surface area contributed by atoms with Gasteiger partial charge in [0.1, 0.15) is 7.05 Å². The quantitative estimate of drug-likeness (QED) is 0.149. The molecule has 2 aliphatic heterocycles. The predicted molar refractivity (Wildman–Crippen MR) is 197 cm³/mol. The van der Waals surface area contributed by atoms with Crippen LogP contribution in [-0.2, 0) is 7.05 Å². The summed E-state index contributed by atoms with van der Waals surface area (Å²) in [4.78, 5) is 2.48. The van der Waals surface area contributed by atoms with E-state index in [4.69, 9.17) is 0 Å². The molecule has 0 saturated heterocycles. The molecule has 0 fully saturated rings. The average Bonchev–Trinajstić information content (AvgIpc) is 3.46. The molecule has 0 aliphatic carbocycles. The Hall–Kier alpha value is -5.87. The Labute approximate surface area is 274 Å². The number of pyridine rings is 1. The van der Waals surface area contributed by atoms with Gasteiger partial charge in [-0.05, 0) is 82.5 Å². The van der Waals surface area contributed by atoms with E-state index in [1.807, 2.05) is 0 Å². The molecule has 0 amide bonds. The Bertz CT molecular complexity index is 2560. The standard InChI is InChI=1S/C43H31BN3/c1-28-13-6-7-16-32(28)39-25-29(23-24-45(39)2)30-26-40-42-41(27-30)47-37-21-10-8-17-33(37)34-18-12-20-36(43(34)47)44(42)35-19-9-11-22-38(35)46(40)31-14-4-3-5-15-31/h3-27H,1-2H3/q+1. The Morgan fingerprint density at radius 1 is 0.574 bits per heavy atom. The minimum absolute atomic E-state index is 0.127. The van der Waals surface area contributed by atoms with Crippen molar-refractivity contribution >= 4 is 62.0 Å². The summed E-state index contributed by atoms with van der Waals surface area (Å²) < 4.78 is 4.78. The Kier molecular flexibility index (Phi) is 5.51. The Balaban J connectivity index is 1.34. The molecule has 4 heterocycles. The van der Waals surface area contributed by atoms with Crippen molar-refractivity contribution in [3.05, 3.63) is 157 Å². The molecule has 8 aromatic rings. The van der Waals surface area contributed by atoms with Gasteiger partial charge in [0.25, 0.3) is 6.71 Å². The highest BCUT2D eigenvalue weighted by atomic mass is 15.2. The second-order valence-corrected chi connectivity index (χ2v) is 12.9. The molecule has 0 atom stereocenters. The number of benzene rings is 6. The maximum Gasteiger partial charge on any atom is 0.252 e. The topological polar surface area (TPSA) is 12.1 Å². The molecule has 6 aromatic carbocycles. The van der Waals surface area contributed by atoms with Crippen LogP contribution in [0.3, 0.4) is 0 Å². The van der Waals surface area contributed by atoms with Gasteiger partial charge in [0, 0.05) is 56.7 Å². The molecule has 220 valence electrons. The van der Waals surface area contributed by atoms with E-state index in [2.05, 4.69) is 180 Å². The van der Waals surface area contributed by atoms with Crippen LogP contribution in [-0.4, -0.2) is 11.3 Å². The lowest BCUT2D eigenvalue weighted by molar-refractivity contribution is -0.660. The summed E-state index contributed by atoms with van der Waals surface area (Å²) in [5.74, 6) is 0. The first-order valence-corrected chi connectivity index (χ1v) is 16.4. The summed E-state index contributed by atoms with van der Waals surface area (Å²) in [7, 11) is 2.14. The van der Waals surface area contributed by atoms with Crippen LogP contribution in [0.4, 0.5) is 17.1 Å². The molecule has 0 N–H and O–H groups in total. The highest BCUT2D eigenvalue weighted by Gasteiger charge is 2.42. The summed E-state index contributed by atoms with van der Waals surface area (Å²) in [6.07, 6.45) is 2.20. The minimum Gasteiger partial charge on any atom is -0.311 e. The Morgan fingerprint density at radius 3 is 2.19 bits per heavy atom. The number of hydrogen-bond acceptors (Lipinski definition) is 1. The third kappa shape index (κ3) is 3.67. The first-order chi connectivity index (χ1) is 23.2. The first-order valence-electron chi connectivity index (χ1n) is 16.4. The lowest BCUT2D eigenvalue weighted by atomic mass is 9.33.